The van der Waals surface area contributed by atoms with Crippen molar-refractivity contribution in [2.75, 3.05) is 32.2 Å². The second kappa shape index (κ2) is 6.19. The Morgan fingerprint density at radius 1 is 1.45 bits per heavy atom. The van der Waals surface area contributed by atoms with Gasteiger partial charge in [0.15, 0.2) is 0 Å². The number of hydrogen-bond acceptors (Lipinski definition) is 5. The third-order valence-corrected chi connectivity index (χ3v) is 3.86. The van der Waals surface area contributed by atoms with Gasteiger partial charge >= 0.3 is 0 Å². The number of ether oxygens (including phenoxy) is 2. The van der Waals surface area contributed by atoms with Gasteiger partial charge in [-0.2, -0.15) is 0 Å². The maximum Gasteiger partial charge on any atom is 0.269 e. The fourth-order valence-corrected chi connectivity index (χ4v) is 2.41. The molecule has 110 valence electrons. The lowest BCUT2D eigenvalue weighted by molar-refractivity contribution is -0.384. The summed E-state index contributed by atoms with van der Waals surface area (Å²) in [5, 5.41) is 14.1. The maximum absolute atomic E-state index is 10.7. The number of methoxy groups -OCH3 is 1. The van der Waals surface area contributed by atoms with Crippen molar-refractivity contribution < 1.29 is 14.4 Å². The van der Waals surface area contributed by atoms with Gasteiger partial charge in [-0.15, -0.1) is 0 Å². The van der Waals surface area contributed by atoms with Crippen LogP contribution in [0.3, 0.4) is 0 Å². The molecule has 0 bridgehead atoms. The van der Waals surface area contributed by atoms with Gasteiger partial charge in [0.25, 0.3) is 5.69 Å². The molecule has 6 heteroatoms. The summed E-state index contributed by atoms with van der Waals surface area (Å²) < 4.78 is 11.0. The van der Waals surface area contributed by atoms with Crippen LogP contribution in [0.1, 0.15) is 18.4 Å². The zero-order chi connectivity index (χ0) is 14.6. The molecule has 1 heterocycles. The van der Waals surface area contributed by atoms with E-state index in [0.29, 0.717) is 19.8 Å². The lowest BCUT2D eigenvalue weighted by Crippen LogP contribution is -2.44. The van der Waals surface area contributed by atoms with E-state index in [9.17, 15) is 10.1 Å². The van der Waals surface area contributed by atoms with Crippen molar-refractivity contribution in [3.8, 4) is 0 Å². The van der Waals surface area contributed by atoms with Crippen LogP contribution in [0, 0.1) is 17.0 Å². The van der Waals surface area contributed by atoms with Crippen LogP contribution < -0.4 is 5.32 Å². The van der Waals surface area contributed by atoms with E-state index in [1.54, 1.807) is 19.2 Å². The van der Waals surface area contributed by atoms with E-state index in [1.165, 1.54) is 6.07 Å². The highest BCUT2D eigenvalue weighted by Gasteiger charge is 2.32. The predicted octanol–water partition coefficient (Wildman–Crippen LogP) is 2.51. The molecule has 0 saturated carbocycles. The topological polar surface area (TPSA) is 73.6 Å². The lowest BCUT2D eigenvalue weighted by atomic mass is 9.94. The van der Waals surface area contributed by atoms with Crippen molar-refractivity contribution in [1.82, 2.24) is 0 Å². The smallest absolute Gasteiger partial charge is 0.269 e. The highest BCUT2D eigenvalue weighted by molar-refractivity contribution is 5.55. The maximum atomic E-state index is 10.7. The van der Waals surface area contributed by atoms with Gasteiger partial charge in [-0.1, -0.05) is 0 Å². The minimum Gasteiger partial charge on any atom is -0.382 e. The summed E-state index contributed by atoms with van der Waals surface area (Å²) in [5.41, 5.74) is 1.66. The molecule has 1 aromatic carbocycles. The predicted molar refractivity (Wildman–Crippen MR) is 76.1 cm³/mol. The number of benzene rings is 1. The molecule has 0 aliphatic carbocycles. The standard InChI is InChI=1S/C14H20N2O4/c1-11-9-12(16(17)18)3-4-13(11)15-10-14(19-2)5-7-20-8-6-14/h3-4,9,15H,5-8,10H2,1-2H3. The molecule has 0 unspecified atom stereocenters. The summed E-state index contributed by atoms with van der Waals surface area (Å²) in [6.07, 6.45) is 1.70. The Kier molecular flexibility index (Phi) is 4.57. The highest BCUT2D eigenvalue weighted by atomic mass is 16.6. The molecule has 1 saturated heterocycles. The van der Waals surface area contributed by atoms with Gasteiger partial charge in [0, 0.05) is 57.5 Å². The molecule has 0 radical (unpaired) electrons. The lowest BCUT2D eigenvalue weighted by Gasteiger charge is -2.36. The molecular weight excluding hydrogens is 260 g/mol. The number of aryl methyl sites for hydroxylation is 1. The Balaban J connectivity index is 2.04. The second-order valence-corrected chi connectivity index (χ2v) is 5.11. The van der Waals surface area contributed by atoms with Gasteiger partial charge in [0.1, 0.15) is 0 Å². The molecule has 6 nitrogen and oxygen atoms in total. The third-order valence-electron chi connectivity index (χ3n) is 3.86. The van der Waals surface area contributed by atoms with Crippen molar-refractivity contribution >= 4 is 11.4 Å². The minimum atomic E-state index is -0.383. The third kappa shape index (κ3) is 3.26. The monoisotopic (exact) mass is 280 g/mol. The van der Waals surface area contributed by atoms with E-state index in [4.69, 9.17) is 9.47 Å². The fraction of sp³-hybridized carbons (Fsp3) is 0.571. The molecule has 1 aliphatic rings. The molecule has 20 heavy (non-hydrogen) atoms. The average molecular weight is 280 g/mol. The normalized spacial score (nSPS) is 17.7. The molecule has 1 N–H and O–H groups in total. The molecule has 0 spiro atoms. The van der Waals surface area contributed by atoms with Crippen LogP contribution in [0.5, 0.6) is 0 Å². The first-order chi connectivity index (χ1) is 9.56. The Morgan fingerprint density at radius 2 is 2.15 bits per heavy atom. The SMILES string of the molecule is COC1(CNc2ccc([N+](=O)[O-])cc2C)CCOCC1. The Hall–Kier alpha value is -1.66. The van der Waals surface area contributed by atoms with Crippen LogP contribution >= 0.6 is 0 Å². The van der Waals surface area contributed by atoms with E-state index in [0.717, 1.165) is 24.1 Å². The molecule has 0 atom stereocenters. The van der Waals surface area contributed by atoms with Crippen LogP contribution in [0.2, 0.25) is 0 Å². The van der Waals surface area contributed by atoms with Crippen molar-refractivity contribution in [2.45, 2.75) is 25.4 Å². The molecule has 1 fully saturated rings. The number of rotatable bonds is 5. The first-order valence-electron chi connectivity index (χ1n) is 6.68. The van der Waals surface area contributed by atoms with E-state index >= 15 is 0 Å². The Labute approximate surface area is 118 Å². The summed E-state index contributed by atoms with van der Waals surface area (Å²) in [7, 11) is 1.72. The largest absolute Gasteiger partial charge is 0.382 e. The number of nitrogens with zero attached hydrogens (tertiary/aromatic N) is 1. The van der Waals surface area contributed by atoms with Crippen LogP contribution in [-0.2, 0) is 9.47 Å². The summed E-state index contributed by atoms with van der Waals surface area (Å²) in [6.45, 7) is 3.94. The number of nitro benzene ring substituents is 1. The number of nitro groups is 1. The molecular formula is C14H20N2O4. The minimum absolute atomic E-state index is 0.112. The molecule has 2 rings (SSSR count). The number of anilines is 1. The zero-order valence-electron chi connectivity index (χ0n) is 11.8. The van der Waals surface area contributed by atoms with Gasteiger partial charge < -0.3 is 14.8 Å². The Bertz CT molecular complexity index is 484. The van der Waals surface area contributed by atoms with Crippen LogP contribution in [-0.4, -0.2) is 37.4 Å². The van der Waals surface area contributed by atoms with Crippen molar-refractivity contribution in [2.24, 2.45) is 0 Å². The van der Waals surface area contributed by atoms with E-state index in [1.807, 2.05) is 6.92 Å². The van der Waals surface area contributed by atoms with Crippen LogP contribution in [0.25, 0.3) is 0 Å². The molecule has 0 amide bonds. The van der Waals surface area contributed by atoms with Gasteiger partial charge in [-0.3, -0.25) is 10.1 Å². The van der Waals surface area contributed by atoms with E-state index in [2.05, 4.69) is 5.32 Å². The highest BCUT2D eigenvalue weighted by Crippen LogP contribution is 2.27. The summed E-state index contributed by atoms with van der Waals surface area (Å²) in [4.78, 5) is 10.3. The van der Waals surface area contributed by atoms with Gasteiger partial charge in [0.2, 0.25) is 0 Å². The fourth-order valence-electron chi connectivity index (χ4n) is 2.41. The van der Waals surface area contributed by atoms with Crippen molar-refractivity contribution in [3.63, 3.8) is 0 Å². The first kappa shape index (κ1) is 14.7. The summed E-state index contributed by atoms with van der Waals surface area (Å²) in [6, 6.07) is 4.83. The van der Waals surface area contributed by atoms with Gasteiger partial charge in [-0.05, 0) is 18.6 Å². The van der Waals surface area contributed by atoms with Crippen LogP contribution in [0.15, 0.2) is 18.2 Å². The zero-order valence-corrected chi connectivity index (χ0v) is 11.8. The Morgan fingerprint density at radius 3 is 2.70 bits per heavy atom. The van der Waals surface area contributed by atoms with E-state index < -0.39 is 0 Å². The van der Waals surface area contributed by atoms with E-state index in [-0.39, 0.29) is 16.2 Å². The second-order valence-electron chi connectivity index (χ2n) is 5.11. The van der Waals surface area contributed by atoms with Crippen molar-refractivity contribution in [1.29, 1.82) is 0 Å². The van der Waals surface area contributed by atoms with Crippen LogP contribution in [0.4, 0.5) is 11.4 Å². The molecule has 0 aromatic heterocycles. The summed E-state index contributed by atoms with van der Waals surface area (Å²) >= 11 is 0. The van der Waals surface area contributed by atoms with Gasteiger partial charge in [-0.25, -0.2) is 0 Å². The summed E-state index contributed by atoms with van der Waals surface area (Å²) in [5.74, 6) is 0. The number of non-ortho nitro benzene ring substituents is 1. The first-order valence-corrected chi connectivity index (χ1v) is 6.68. The van der Waals surface area contributed by atoms with Crippen molar-refractivity contribution in [3.05, 3.63) is 33.9 Å². The number of nitrogens with one attached hydrogen (secondary N) is 1. The molecule has 1 aromatic rings. The average Bonchev–Trinajstić information content (AvgIpc) is 2.47. The quantitative estimate of drug-likeness (QED) is 0.662. The van der Waals surface area contributed by atoms with Gasteiger partial charge in [0.05, 0.1) is 10.5 Å². The number of hydrogen-bond donors (Lipinski definition) is 1. The molecule has 1 aliphatic heterocycles.